The number of piperidine rings is 1. The molecule has 3 aliphatic rings. The van der Waals surface area contributed by atoms with Gasteiger partial charge in [-0.2, -0.15) is 0 Å². The number of rotatable bonds is 6. The number of anilines is 3. The van der Waals surface area contributed by atoms with E-state index >= 15 is 0 Å². The maximum absolute atomic E-state index is 9.96. The lowest BCUT2D eigenvalue weighted by Gasteiger charge is -2.38. The van der Waals surface area contributed by atoms with Gasteiger partial charge in [0.25, 0.3) is 0 Å². The second-order valence-electron chi connectivity index (χ2n) is 11.5. The minimum Gasteiger partial charge on any atom is -0.392 e. The van der Waals surface area contributed by atoms with Gasteiger partial charge in [-0.05, 0) is 80.3 Å². The summed E-state index contributed by atoms with van der Waals surface area (Å²) in [6.07, 6.45) is 9.20. The highest BCUT2D eigenvalue weighted by molar-refractivity contribution is 6.33. The zero-order valence-corrected chi connectivity index (χ0v) is 23.1. The molecule has 0 bridgehead atoms. The molecule has 3 N–H and O–H groups in total. The van der Waals surface area contributed by atoms with E-state index < -0.39 is 0 Å². The molecular weight excluding hydrogens is 508 g/mol. The summed E-state index contributed by atoms with van der Waals surface area (Å²) in [6, 6.07) is 13.8. The second-order valence-corrected chi connectivity index (χ2v) is 11.9. The van der Waals surface area contributed by atoms with Gasteiger partial charge in [0.15, 0.2) is 0 Å². The molecule has 3 fully saturated rings. The number of nitrogens with one attached hydrogen (secondary N) is 2. The van der Waals surface area contributed by atoms with Gasteiger partial charge in [0.2, 0.25) is 5.95 Å². The van der Waals surface area contributed by atoms with Crippen LogP contribution in [-0.4, -0.2) is 63.3 Å². The van der Waals surface area contributed by atoms with Gasteiger partial charge in [-0.1, -0.05) is 23.7 Å². The third-order valence-corrected chi connectivity index (χ3v) is 8.90. The molecule has 2 saturated heterocycles. The van der Waals surface area contributed by atoms with Gasteiger partial charge in [0.05, 0.1) is 23.0 Å². The Hall–Kier alpha value is -3.13. The molecule has 4 aromatic rings. The third-order valence-electron chi connectivity index (χ3n) is 8.62. The van der Waals surface area contributed by atoms with E-state index in [0.29, 0.717) is 22.9 Å². The number of benzene rings is 2. The fraction of sp³-hybridized carbons (Fsp3) is 0.419. The van der Waals surface area contributed by atoms with Crippen molar-refractivity contribution in [3.8, 4) is 11.3 Å². The Morgan fingerprint density at radius 3 is 2.64 bits per heavy atom. The zero-order chi connectivity index (χ0) is 26.5. The van der Waals surface area contributed by atoms with Crippen LogP contribution in [0.25, 0.3) is 22.2 Å². The van der Waals surface area contributed by atoms with Gasteiger partial charge in [0, 0.05) is 66.3 Å². The number of aromatic amines is 1. The highest BCUT2D eigenvalue weighted by Crippen LogP contribution is 2.43. The zero-order valence-electron chi connectivity index (χ0n) is 22.3. The lowest BCUT2D eigenvalue weighted by molar-refractivity contribution is 0.148. The first-order valence-corrected chi connectivity index (χ1v) is 14.6. The van der Waals surface area contributed by atoms with Gasteiger partial charge in [-0.3, -0.25) is 4.90 Å². The van der Waals surface area contributed by atoms with Crippen LogP contribution in [0.15, 0.2) is 48.8 Å². The molecule has 4 heterocycles. The van der Waals surface area contributed by atoms with Crippen LogP contribution in [0.3, 0.4) is 0 Å². The average molecular weight is 543 g/mol. The van der Waals surface area contributed by atoms with Crippen LogP contribution in [0.5, 0.6) is 0 Å². The smallest absolute Gasteiger partial charge is 0.227 e. The van der Waals surface area contributed by atoms with E-state index in [-0.39, 0.29) is 6.10 Å². The number of H-pyrrole nitrogens is 1. The molecule has 2 aromatic heterocycles. The van der Waals surface area contributed by atoms with Crippen molar-refractivity contribution < 1.29 is 5.11 Å². The normalized spacial score (nSPS) is 20.7. The molecule has 0 radical (unpaired) electrons. The highest BCUT2D eigenvalue weighted by atomic mass is 35.5. The summed E-state index contributed by atoms with van der Waals surface area (Å²) in [5.41, 5.74) is 7.64. The average Bonchev–Trinajstić information content (AvgIpc) is 3.58. The number of hydrogen-bond acceptors (Lipinski definition) is 6. The number of aromatic nitrogens is 3. The topological polar surface area (TPSA) is 80.3 Å². The second kappa shape index (κ2) is 10.1. The lowest BCUT2D eigenvalue weighted by Crippen LogP contribution is -2.44. The Labute approximate surface area is 234 Å². The molecule has 1 atom stereocenters. The number of hydrogen-bond donors (Lipinski definition) is 3. The van der Waals surface area contributed by atoms with E-state index in [1.54, 1.807) is 6.20 Å². The van der Waals surface area contributed by atoms with E-state index in [9.17, 15) is 5.11 Å². The minimum atomic E-state index is -0.150. The number of aliphatic hydroxyl groups excluding tert-OH is 1. The molecule has 1 saturated carbocycles. The number of β-amino-alcohol motifs (C(OH)–C–C–N with tert-alkyl or cyclic N) is 1. The lowest BCUT2D eigenvalue weighted by atomic mass is 10.0. The fourth-order valence-electron chi connectivity index (χ4n) is 6.31. The quantitative estimate of drug-likeness (QED) is 0.267. The summed E-state index contributed by atoms with van der Waals surface area (Å²) >= 11 is 6.60. The van der Waals surface area contributed by atoms with Crippen LogP contribution < -0.4 is 10.2 Å². The third kappa shape index (κ3) is 5.11. The molecule has 0 spiro atoms. The molecule has 39 heavy (non-hydrogen) atoms. The summed E-state index contributed by atoms with van der Waals surface area (Å²) in [6.45, 7) is 6.01. The van der Waals surface area contributed by atoms with Gasteiger partial charge in [-0.25, -0.2) is 9.97 Å². The van der Waals surface area contributed by atoms with Crippen molar-refractivity contribution in [2.75, 3.05) is 36.4 Å². The maximum atomic E-state index is 9.96. The maximum Gasteiger partial charge on any atom is 0.227 e. The van der Waals surface area contributed by atoms with Gasteiger partial charge in [-0.15, -0.1) is 0 Å². The molecule has 7 nitrogen and oxygen atoms in total. The van der Waals surface area contributed by atoms with E-state index in [2.05, 4.69) is 68.4 Å². The molecule has 8 heteroatoms. The molecular formula is C31H35ClN6O. The van der Waals surface area contributed by atoms with Crippen molar-refractivity contribution in [1.82, 2.24) is 19.9 Å². The fourth-order valence-corrected chi connectivity index (χ4v) is 6.50. The SMILES string of the molecule is Cc1ccc2c(-c3nc(Nc4cc(C5CC5)cc(N5CCC(N6CCC(O)C6)CC5)c4)ncc3Cl)c[nH]c2c1. The Morgan fingerprint density at radius 1 is 1.03 bits per heavy atom. The van der Waals surface area contributed by atoms with Crippen LogP contribution >= 0.6 is 11.6 Å². The van der Waals surface area contributed by atoms with Crippen molar-refractivity contribution in [1.29, 1.82) is 0 Å². The predicted molar refractivity (Wildman–Crippen MR) is 158 cm³/mol. The summed E-state index contributed by atoms with van der Waals surface area (Å²) < 4.78 is 0. The first-order valence-electron chi connectivity index (χ1n) is 14.2. The van der Waals surface area contributed by atoms with E-state index in [0.717, 1.165) is 73.3 Å². The molecule has 2 aromatic carbocycles. The highest BCUT2D eigenvalue weighted by Gasteiger charge is 2.31. The van der Waals surface area contributed by atoms with E-state index in [1.165, 1.54) is 29.7 Å². The van der Waals surface area contributed by atoms with Crippen LogP contribution in [0.4, 0.5) is 17.3 Å². The van der Waals surface area contributed by atoms with Crippen molar-refractivity contribution >= 4 is 39.8 Å². The van der Waals surface area contributed by atoms with Crippen molar-refractivity contribution in [2.24, 2.45) is 0 Å². The standard InChI is InChI=1S/C31H35ClN6O/c1-19-2-5-26-27(16-33-29(26)12-19)30-28(32)17-34-31(36-30)35-22-13-21(20-3-4-20)14-24(15-22)37-9-6-23(7-10-37)38-11-8-25(39)18-38/h2,5,12-17,20,23,25,33,39H,3-4,6-11,18H2,1H3,(H,34,35,36). The number of aliphatic hydroxyl groups is 1. The van der Waals surface area contributed by atoms with Crippen molar-refractivity contribution in [2.45, 2.75) is 57.1 Å². The molecule has 7 rings (SSSR count). The summed E-state index contributed by atoms with van der Waals surface area (Å²) in [5, 5.41) is 15.1. The number of halogens is 1. The number of nitrogens with zero attached hydrogens (tertiary/aromatic N) is 4. The molecule has 202 valence electrons. The van der Waals surface area contributed by atoms with Crippen LogP contribution in [0.1, 0.15) is 49.1 Å². The van der Waals surface area contributed by atoms with E-state index in [4.69, 9.17) is 16.6 Å². The number of aryl methyl sites for hydroxylation is 1. The van der Waals surface area contributed by atoms with Gasteiger partial charge >= 0.3 is 0 Å². The summed E-state index contributed by atoms with van der Waals surface area (Å²) in [4.78, 5) is 17.7. The molecule has 1 unspecified atom stereocenters. The predicted octanol–water partition coefficient (Wildman–Crippen LogP) is 6.24. The Balaban J connectivity index is 1.13. The van der Waals surface area contributed by atoms with Gasteiger partial charge in [0.1, 0.15) is 0 Å². The number of likely N-dealkylation sites (tertiary alicyclic amines) is 1. The molecule has 1 aliphatic carbocycles. The molecule has 2 aliphatic heterocycles. The summed E-state index contributed by atoms with van der Waals surface area (Å²) in [7, 11) is 0. The van der Waals surface area contributed by atoms with Crippen molar-refractivity contribution in [3.63, 3.8) is 0 Å². The first kappa shape index (κ1) is 24.9. The number of fused-ring (bicyclic) bond motifs is 1. The Bertz CT molecular complexity index is 1510. The van der Waals surface area contributed by atoms with Gasteiger partial charge < -0.3 is 20.3 Å². The monoisotopic (exact) mass is 542 g/mol. The first-order chi connectivity index (χ1) is 19.0. The van der Waals surface area contributed by atoms with Crippen molar-refractivity contribution in [3.05, 3.63) is 64.9 Å². The Morgan fingerprint density at radius 2 is 1.87 bits per heavy atom. The van der Waals surface area contributed by atoms with Crippen LogP contribution in [0.2, 0.25) is 5.02 Å². The largest absolute Gasteiger partial charge is 0.392 e. The van der Waals surface area contributed by atoms with Crippen LogP contribution in [-0.2, 0) is 0 Å². The minimum absolute atomic E-state index is 0.150. The summed E-state index contributed by atoms with van der Waals surface area (Å²) in [5.74, 6) is 1.19. The Kier molecular flexibility index (Phi) is 6.46. The molecule has 0 amide bonds. The van der Waals surface area contributed by atoms with E-state index in [1.807, 2.05) is 6.20 Å². The van der Waals surface area contributed by atoms with Crippen LogP contribution in [0, 0.1) is 6.92 Å².